The summed E-state index contributed by atoms with van der Waals surface area (Å²) in [5.41, 5.74) is 4.15. The molecule has 1 saturated heterocycles. The van der Waals surface area contributed by atoms with Crippen molar-refractivity contribution in [1.82, 2.24) is 20.3 Å². The highest BCUT2D eigenvalue weighted by Crippen LogP contribution is 2.28. The van der Waals surface area contributed by atoms with Gasteiger partial charge in [-0.1, -0.05) is 23.1 Å². The van der Waals surface area contributed by atoms with Crippen molar-refractivity contribution in [1.29, 1.82) is 0 Å². The molecule has 5 heteroatoms. The van der Waals surface area contributed by atoms with Crippen molar-refractivity contribution < 1.29 is 4.79 Å². The van der Waals surface area contributed by atoms with Crippen LogP contribution in [0.5, 0.6) is 0 Å². The maximum atomic E-state index is 11.3. The number of aryl methyl sites for hydroxylation is 1. The Bertz CT molecular complexity index is 839. The number of amides is 1. The van der Waals surface area contributed by atoms with E-state index in [0.717, 1.165) is 28.8 Å². The van der Waals surface area contributed by atoms with Crippen molar-refractivity contribution in [2.45, 2.75) is 45.2 Å². The number of aromatic nitrogens is 3. The third kappa shape index (κ3) is 3.33. The van der Waals surface area contributed by atoms with Crippen LogP contribution in [0.4, 0.5) is 0 Å². The fourth-order valence-corrected chi connectivity index (χ4v) is 2.99. The third-order valence-electron chi connectivity index (χ3n) is 4.53. The summed E-state index contributed by atoms with van der Waals surface area (Å²) in [7, 11) is 0. The van der Waals surface area contributed by atoms with Crippen LogP contribution in [-0.2, 0) is 11.3 Å². The van der Waals surface area contributed by atoms with Crippen molar-refractivity contribution in [2.75, 3.05) is 0 Å². The molecule has 1 aliphatic carbocycles. The lowest BCUT2D eigenvalue weighted by Crippen LogP contribution is -2.29. The Kier molecular flexibility index (Phi) is 3.81. The molecule has 1 N–H and O–H groups in total. The van der Waals surface area contributed by atoms with Crippen LogP contribution in [0.3, 0.4) is 0 Å². The summed E-state index contributed by atoms with van der Waals surface area (Å²) in [6, 6.07) is 6.39. The molecule has 2 fully saturated rings. The summed E-state index contributed by atoms with van der Waals surface area (Å²) < 4.78 is 1.81. The van der Waals surface area contributed by atoms with E-state index in [1.54, 1.807) is 0 Å². The predicted molar refractivity (Wildman–Crippen MR) is 91.0 cm³/mol. The lowest BCUT2D eigenvalue weighted by atomic mass is 10.0. The maximum Gasteiger partial charge on any atom is 0.220 e. The lowest BCUT2D eigenvalue weighted by molar-refractivity contribution is -0.119. The normalized spacial score (nSPS) is 19.7. The number of hydrogen-bond acceptors (Lipinski definition) is 3. The van der Waals surface area contributed by atoms with Crippen LogP contribution in [0, 0.1) is 24.7 Å². The summed E-state index contributed by atoms with van der Waals surface area (Å²) in [5, 5.41) is 11.4. The van der Waals surface area contributed by atoms with Gasteiger partial charge < -0.3 is 5.32 Å². The third-order valence-corrected chi connectivity index (χ3v) is 4.53. The zero-order chi connectivity index (χ0) is 16.5. The van der Waals surface area contributed by atoms with Crippen LogP contribution < -0.4 is 5.32 Å². The molecule has 1 unspecified atom stereocenters. The van der Waals surface area contributed by atoms with E-state index in [2.05, 4.69) is 46.5 Å². The fraction of sp³-hybridized carbons (Fsp3) is 0.421. The number of rotatable bonds is 3. The molecule has 1 aromatic heterocycles. The SMILES string of the molecule is Cc1cc(C#CC2CC2)ccc1-c1cn(CC2CCC(=O)N2)nn1. The molecule has 122 valence electrons. The van der Waals surface area contributed by atoms with Crippen molar-refractivity contribution >= 4 is 5.91 Å². The molecule has 0 bridgehead atoms. The van der Waals surface area contributed by atoms with Gasteiger partial charge in [0.05, 0.1) is 12.7 Å². The second kappa shape index (κ2) is 6.12. The van der Waals surface area contributed by atoms with Crippen LogP contribution in [0.25, 0.3) is 11.3 Å². The highest BCUT2D eigenvalue weighted by molar-refractivity contribution is 5.78. The summed E-state index contributed by atoms with van der Waals surface area (Å²) in [5.74, 6) is 7.28. The standard InChI is InChI=1S/C19H20N4O/c1-13-10-15(5-4-14-2-3-14)6-8-17(13)18-12-23(22-21-18)11-16-7-9-19(24)20-16/h6,8,10,12,14,16H,2-3,7,9,11H2,1H3,(H,20,24). The highest BCUT2D eigenvalue weighted by Gasteiger charge is 2.21. The van der Waals surface area contributed by atoms with E-state index in [-0.39, 0.29) is 11.9 Å². The Morgan fingerprint density at radius 2 is 2.21 bits per heavy atom. The minimum atomic E-state index is 0.124. The Hall–Kier alpha value is -2.61. The van der Waals surface area contributed by atoms with Gasteiger partial charge in [-0.2, -0.15) is 0 Å². The molecule has 1 amide bonds. The van der Waals surface area contributed by atoms with Crippen molar-refractivity contribution in [2.24, 2.45) is 5.92 Å². The van der Waals surface area contributed by atoms with Gasteiger partial charge in [-0.05, 0) is 43.9 Å². The van der Waals surface area contributed by atoms with E-state index in [9.17, 15) is 4.79 Å². The van der Waals surface area contributed by atoms with Gasteiger partial charge in [0.1, 0.15) is 5.69 Å². The number of carbonyl (C=O) groups is 1. The van der Waals surface area contributed by atoms with Gasteiger partial charge in [-0.15, -0.1) is 5.10 Å². The Morgan fingerprint density at radius 1 is 1.33 bits per heavy atom. The molecule has 2 aliphatic rings. The highest BCUT2D eigenvalue weighted by atomic mass is 16.1. The Balaban J connectivity index is 1.49. The predicted octanol–water partition coefficient (Wildman–Crippen LogP) is 2.29. The van der Waals surface area contributed by atoms with Gasteiger partial charge in [0, 0.05) is 29.5 Å². The zero-order valence-electron chi connectivity index (χ0n) is 13.7. The summed E-state index contributed by atoms with van der Waals surface area (Å²) in [6.07, 6.45) is 5.90. The minimum Gasteiger partial charge on any atom is -0.351 e. The molecule has 0 spiro atoms. The van der Waals surface area contributed by atoms with Crippen molar-refractivity contribution in [3.05, 3.63) is 35.5 Å². The molecular weight excluding hydrogens is 300 g/mol. The first-order valence-electron chi connectivity index (χ1n) is 8.49. The van der Waals surface area contributed by atoms with Crippen LogP contribution in [0.2, 0.25) is 0 Å². The summed E-state index contributed by atoms with van der Waals surface area (Å²) in [4.78, 5) is 11.3. The number of nitrogens with one attached hydrogen (secondary N) is 1. The van der Waals surface area contributed by atoms with E-state index >= 15 is 0 Å². The van der Waals surface area contributed by atoms with Gasteiger partial charge in [0.15, 0.2) is 0 Å². The van der Waals surface area contributed by atoms with E-state index in [0.29, 0.717) is 18.9 Å². The van der Waals surface area contributed by atoms with Crippen LogP contribution >= 0.6 is 0 Å². The van der Waals surface area contributed by atoms with E-state index in [1.165, 1.54) is 12.8 Å². The quantitative estimate of drug-likeness (QED) is 0.883. The van der Waals surface area contributed by atoms with E-state index in [4.69, 9.17) is 0 Å². The van der Waals surface area contributed by atoms with E-state index < -0.39 is 0 Å². The molecule has 24 heavy (non-hydrogen) atoms. The Morgan fingerprint density at radius 3 is 2.92 bits per heavy atom. The second-order valence-corrected chi connectivity index (χ2v) is 6.70. The minimum absolute atomic E-state index is 0.124. The molecule has 0 radical (unpaired) electrons. The fourth-order valence-electron chi connectivity index (χ4n) is 2.99. The maximum absolute atomic E-state index is 11.3. The monoisotopic (exact) mass is 320 g/mol. The first kappa shape index (κ1) is 14.9. The van der Waals surface area contributed by atoms with Gasteiger partial charge in [0.2, 0.25) is 5.91 Å². The summed E-state index contributed by atoms with van der Waals surface area (Å²) in [6.45, 7) is 2.75. The average Bonchev–Trinajstić information content (AvgIpc) is 3.14. The molecule has 1 aliphatic heterocycles. The molecule has 2 heterocycles. The number of nitrogens with zero attached hydrogens (tertiary/aromatic N) is 3. The van der Waals surface area contributed by atoms with Gasteiger partial charge >= 0.3 is 0 Å². The van der Waals surface area contributed by atoms with Crippen LogP contribution in [-0.4, -0.2) is 26.9 Å². The van der Waals surface area contributed by atoms with Crippen molar-refractivity contribution in [3.8, 4) is 23.1 Å². The molecule has 5 nitrogen and oxygen atoms in total. The van der Waals surface area contributed by atoms with Crippen molar-refractivity contribution in [3.63, 3.8) is 0 Å². The topological polar surface area (TPSA) is 59.8 Å². The molecule has 2 aromatic rings. The van der Waals surface area contributed by atoms with E-state index in [1.807, 2.05) is 16.9 Å². The number of benzene rings is 1. The number of carbonyl (C=O) groups excluding carboxylic acids is 1. The van der Waals surface area contributed by atoms with Gasteiger partial charge in [-0.3, -0.25) is 4.79 Å². The summed E-state index contributed by atoms with van der Waals surface area (Å²) >= 11 is 0. The first-order chi connectivity index (χ1) is 11.7. The first-order valence-corrected chi connectivity index (χ1v) is 8.49. The number of hydrogen-bond donors (Lipinski definition) is 1. The molecule has 1 aromatic carbocycles. The molecule has 4 rings (SSSR count). The zero-order valence-corrected chi connectivity index (χ0v) is 13.7. The van der Waals surface area contributed by atoms with Crippen LogP contribution in [0.1, 0.15) is 36.8 Å². The lowest BCUT2D eigenvalue weighted by Gasteiger charge is -2.08. The molecule has 1 saturated carbocycles. The Labute approximate surface area is 141 Å². The molecular formula is C19H20N4O. The van der Waals surface area contributed by atoms with Gasteiger partial charge in [-0.25, -0.2) is 4.68 Å². The van der Waals surface area contributed by atoms with Gasteiger partial charge in [0.25, 0.3) is 0 Å². The average molecular weight is 320 g/mol. The second-order valence-electron chi connectivity index (χ2n) is 6.70. The molecule has 1 atom stereocenters. The van der Waals surface area contributed by atoms with Crippen LogP contribution in [0.15, 0.2) is 24.4 Å². The smallest absolute Gasteiger partial charge is 0.220 e. The largest absolute Gasteiger partial charge is 0.351 e.